The standard InChI is InChI=1S/C35H32FN3O7/c1-43-30-7-2-3-8-31(30)45-21-34(41)39-18-29-32(19-39)46-25-12-9-22(10-13-25)17-37-33(40)20-44-26-6-4-5-23(15-26)24-11-14-28(36)27(16-24)35(42)38-29/h2-16,29,32H,17-21H2,1H3,(H,37,40)(H,38,42)/t29-,32-/m0/s1. The van der Waals surface area contributed by atoms with Crippen molar-refractivity contribution in [3.05, 3.63) is 108 Å². The second-order valence-corrected chi connectivity index (χ2v) is 10.9. The molecule has 0 saturated carbocycles. The van der Waals surface area contributed by atoms with Crippen molar-refractivity contribution in [1.29, 1.82) is 0 Å². The van der Waals surface area contributed by atoms with Crippen molar-refractivity contribution < 1.29 is 37.7 Å². The minimum Gasteiger partial charge on any atom is -0.493 e. The van der Waals surface area contributed by atoms with E-state index in [-0.39, 0.29) is 50.2 Å². The molecular formula is C35H32FN3O7. The average molecular weight is 626 g/mol. The molecule has 1 fully saturated rings. The highest BCUT2D eigenvalue weighted by Crippen LogP contribution is 2.28. The van der Waals surface area contributed by atoms with Crippen LogP contribution in [0.1, 0.15) is 15.9 Å². The average Bonchev–Trinajstić information content (AvgIpc) is 3.47. The molecule has 46 heavy (non-hydrogen) atoms. The number of halogens is 1. The van der Waals surface area contributed by atoms with Crippen molar-refractivity contribution in [1.82, 2.24) is 15.5 Å². The van der Waals surface area contributed by atoms with Crippen molar-refractivity contribution in [3.8, 4) is 34.1 Å². The first-order valence-electron chi connectivity index (χ1n) is 14.8. The number of nitrogens with one attached hydrogen (secondary N) is 2. The van der Waals surface area contributed by atoms with Gasteiger partial charge in [-0.25, -0.2) is 4.39 Å². The van der Waals surface area contributed by atoms with Gasteiger partial charge in [0.25, 0.3) is 17.7 Å². The topological polar surface area (TPSA) is 115 Å². The van der Waals surface area contributed by atoms with Crippen LogP contribution in [0, 0.1) is 5.82 Å². The molecule has 11 heteroatoms. The molecule has 0 aromatic heterocycles. The lowest BCUT2D eigenvalue weighted by Crippen LogP contribution is -2.45. The van der Waals surface area contributed by atoms with Gasteiger partial charge in [0.15, 0.2) is 24.7 Å². The van der Waals surface area contributed by atoms with Gasteiger partial charge in [-0.2, -0.15) is 0 Å². The van der Waals surface area contributed by atoms with Crippen molar-refractivity contribution >= 4 is 17.7 Å². The van der Waals surface area contributed by atoms with E-state index < -0.39 is 23.9 Å². The van der Waals surface area contributed by atoms with E-state index in [1.54, 1.807) is 71.6 Å². The highest BCUT2D eigenvalue weighted by Gasteiger charge is 2.38. The zero-order valence-electron chi connectivity index (χ0n) is 25.0. The van der Waals surface area contributed by atoms with Gasteiger partial charge in [-0.3, -0.25) is 14.4 Å². The summed E-state index contributed by atoms with van der Waals surface area (Å²) in [6.45, 7) is 0.122. The predicted molar refractivity (Wildman–Crippen MR) is 166 cm³/mol. The zero-order valence-corrected chi connectivity index (χ0v) is 25.0. The number of methoxy groups -OCH3 is 1. The molecule has 0 spiro atoms. The third-order valence-corrected chi connectivity index (χ3v) is 7.80. The van der Waals surface area contributed by atoms with Crippen molar-refractivity contribution in [2.45, 2.75) is 18.7 Å². The lowest BCUT2D eigenvalue weighted by Gasteiger charge is -2.21. The summed E-state index contributed by atoms with van der Waals surface area (Å²) >= 11 is 0. The minimum atomic E-state index is -0.698. The van der Waals surface area contributed by atoms with Crippen molar-refractivity contribution in [2.75, 3.05) is 33.4 Å². The number of nitrogens with zero attached hydrogens (tertiary/aromatic N) is 1. The van der Waals surface area contributed by atoms with Crippen LogP contribution in [0.5, 0.6) is 23.0 Å². The molecule has 3 aliphatic heterocycles. The molecule has 1 saturated heterocycles. The number of carbonyl (C=O) groups is 3. The first-order chi connectivity index (χ1) is 22.4. The van der Waals surface area contributed by atoms with Crippen LogP contribution in [0.3, 0.4) is 0 Å². The lowest BCUT2D eigenvalue weighted by molar-refractivity contribution is -0.132. The maximum Gasteiger partial charge on any atom is 0.260 e. The molecule has 2 N–H and O–H groups in total. The Hall–Kier alpha value is -5.58. The van der Waals surface area contributed by atoms with Gasteiger partial charge in [-0.1, -0.05) is 42.5 Å². The first-order valence-corrected chi connectivity index (χ1v) is 14.8. The van der Waals surface area contributed by atoms with Crippen LogP contribution in [0.2, 0.25) is 0 Å². The Morgan fingerprint density at radius 1 is 0.913 bits per heavy atom. The monoisotopic (exact) mass is 625 g/mol. The summed E-state index contributed by atoms with van der Waals surface area (Å²) in [7, 11) is 1.52. The van der Waals surface area contributed by atoms with E-state index in [9.17, 15) is 14.4 Å². The van der Waals surface area contributed by atoms with Crippen LogP contribution in [0.25, 0.3) is 11.1 Å². The number of hydrogen-bond acceptors (Lipinski definition) is 7. The van der Waals surface area contributed by atoms with Crippen molar-refractivity contribution in [2.24, 2.45) is 0 Å². The molecule has 0 unspecified atom stereocenters. The Balaban J connectivity index is 1.27. The van der Waals surface area contributed by atoms with Crippen LogP contribution in [-0.4, -0.2) is 68.2 Å². The van der Waals surface area contributed by atoms with Gasteiger partial charge in [0.1, 0.15) is 23.4 Å². The Labute approximate surface area is 265 Å². The van der Waals surface area contributed by atoms with Gasteiger partial charge >= 0.3 is 0 Å². The first kappa shape index (κ1) is 30.4. The normalized spacial score (nSPS) is 17.9. The van der Waals surface area contributed by atoms with Gasteiger partial charge in [0.05, 0.1) is 25.3 Å². The Bertz CT molecular complexity index is 1750. The number of rotatable bonds is 4. The van der Waals surface area contributed by atoms with E-state index in [4.69, 9.17) is 18.9 Å². The highest BCUT2D eigenvalue weighted by molar-refractivity contribution is 5.96. The van der Waals surface area contributed by atoms with E-state index in [1.165, 1.54) is 19.2 Å². The summed E-state index contributed by atoms with van der Waals surface area (Å²) in [4.78, 5) is 40.8. The van der Waals surface area contributed by atoms with E-state index >= 15 is 4.39 Å². The predicted octanol–water partition coefficient (Wildman–Crippen LogP) is 3.98. The molecule has 2 atom stereocenters. The smallest absolute Gasteiger partial charge is 0.260 e. The molecule has 3 amide bonds. The number of para-hydroxylation sites is 2. The van der Waals surface area contributed by atoms with E-state index in [2.05, 4.69) is 10.6 Å². The number of benzene rings is 4. The highest BCUT2D eigenvalue weighted by atomic mass is 19.1. The molecule has 10 nitrogen and oxygen atoms in total. The number of fused-ring (bicyclic) bond motifs is 7. The quantitative estimate of drug-likeness (QED) is 0.353. The molecular weight excluding hydrogens is 593 g/mol. The number of hydrogen-bond donors (Lipinski definition) is 2. The van der Waals surface area contributed by atoms with Crippen LogP contribution in [-0.2, 0) is 16.1 Å². The second-order valence-electron chi connectivity index (χ2n) is 10.9. The molecule has 4 aromatic rings. The lowest BCUT2D eigenvalue weighted by atomic mass is 10.0. The Morgan fingerprint density at radius 3 is 2.50 bits per heavy atom. The number of amides is 3. The molecule has 3 heterocycles. The van der Waals surface area contributed by atoms with Crippen molar-refractivity contribution in [3.63, 3.8) is 0 Å². The third-order valence-electron chi connectivity index (χ3n) is 7.80. The Morgan fingerprint density at radius 2 is 1.70 bits per heavy atom. The molecule has 6 bridgehead atoms. The summed E-state index contributed by atoms with van der Waals surface area (Å²) in [6.07, 6.45) is -0.643. The largest absolute Gasteiger partial charge is 0.493 e. The molecule has 7 rings (SSSR count). The van der Waals surface area contributed by atoms with Crippen LogP contribution >= 0.6 is 0 Å². The summed E-state index contributed by atoms with van der Waals surface area (Å²) in [5.74, 6) is -0.0822. The van der Waals surface area contributed by atoms with Crippen LogP contribution < -0.4 is 29.6 Å². The minimum absolute atomic E-state index is 0.120. The van der Waals surface area contributed by atoms with Gasteiger partial charge in [-0.15, -0.1) is 0 Å². The van der Waals surface area contributed by atoms with Gasteiger partial charge < -0.3 is 34.5 Å². The SMILES string of the molecule is COc1ccccc1OCC(=O)N1C[C@@H]2NC(=O)c3cc(ccc3F)-c3cccc(c3)OCC(=O)NCc3ccc(cc3)O[C@H]2C1. The summed E-state index contributed by atoms with van der Waals surface area (Å²) in [5.41, 5.74) is 1.94. The fraction of sp³-hybridized carbons (Fsp3) is 0.229. The van der Waals surface area contributed by atoms with E-state index in [0.29, 0.717) is 34.1 Å². The molecule has 3 aliphatic rings. The fourth-order valence-corrected chi connectivity index (χ4v) is 5.36. The summed E-state index contributed by atoms with van der Waals surface area (Å²) in [6, 6.07) is 24.7. The van der Waals surface area contributed by atoms with Crippen LogP contribution in [0.4, 0.5) is 4.39 Å². The summed E-state index contributed by atoms with van der Waals surface area (Å²) < 4.78 is 38.1. The van der Waals surface area contributed by atoms with E-state index in [0.717, 1.165) is 5.56 Å². The maximum absolute atomic E-state index is 15.1. The number of carbonyl (C=O) groups excluding carboxylic acids is 3. The molecule has 236 valence electrons. The maximum atomic E-state index is 15.1. The third kappa shape index (κ3) is 7.04. The molecule has 0 aliphatic carbocycles. The number of ether oxygens (including phenoxy) is 4. The number of likely N-dealkylation sites (tertiary alicyclic amines) is 1. The summed E-state index contributed by atoms with van der Waals surface area (Å²) in [5, 5.41) is 5.73. The van der Waals surface area contributed by atoms with Gasteiger partial charge in [0, 0.05) is 13.1 Å². The molecule has 4 aromatic carbocycles. The zero-order chi connectivity index (χ0) is 32.0. The van der Waals surface area contributed by atoms with Crippen LogP contribution in [0.15, 0.2) is 91.0 Å². The second kappa shape index (κ2) is 13.6. The van der Waals surface area contributed by atoms with Gasteiger partial charge in [0.2, 0.25) is 0 Å². The van der Waals surface area contributed by atoms with E-state index in [1.807, 2.05) is 12.1 Å². The molecule has 0 radical (unpaired) electrons. The fourth-order valence-electron chi connectivity index (χ4n) is 5.36. The Kier molecular flexibility index (Phi) is 9.00. The van der Waals surface area contributed by atoms with Gasteiger partial charge in [-0.05, 0) is 65.2 Å².